The monoisotopic (exact) mass is 275 g/mol. The highest BCUT2D eigenvalue weighted by Gasteiger charge is 2.22. The number of rotatable bonds is 7. The summed E-state index contributed by atoms with van der Waals surface area (Å²) in [5, 5.41) is 3.47. The van der Waals surface area contributed by atoms with Gasteiger partial charge in [-0.2, -0.15) is 0 Å². The summed E-state index contributed by atoms with van der Waals surface area (Å²) in [6.45, 7) is 6.47. The van der Waals surface area contributed by atoms with Crippen molar-refractivity contribution in [1.82, 2.24) is 5.32 Å². The van der Waals surface area contributed by atoms with Crippen molar-refractivity contribution >= 4 is 0 Å². The van der Waals surface area contributed by atoms with E-state index in [1.807, 2.05) is 0 Å². The van der Waals surface area contributed by atoms with E-state index >= 15 is 0 Å². The molecule has 1 aliphatic carbocycles. The van der Waals surface area contributed by atoms with Crippen molar-refractivity contribution in [1.29, 1.82) is 0 Å². The van der Waals surface area contributed by atoms with Gasteiger partial charge in [0, 0.05) is 12.1 Å². The second-order valence-electron chi connectivity index (χ2n) is 5.97. The number of nitrogens with one attached hydrogen (secondary N) is 1. The van der Waals surface area contributed by atoms with Gasteiger partial charge in [-0.1, -0.05) is 44.9 Å². The SMILES string of the molecule is CCCNCc1ccccc1OC1CCCC(CC)C1. The van der Waals surface area contributed by atoms with Gasteiger partial charge in [-0.3, -0.25) is 0 Å². The van der Waals surface area contributed by atoms with Gasteiger partial charge in [-0.15, -0.1) is 0 Å². The van der Waals surface area contributed by atoms with E-state index in [1.54, 1.807) is 0 Å². The fourth-order valence-corrected chi connectivity index (χ4v) is 3.06. The van der Waals surface area contributed by atoms with Crippen LogP contribution in [-0.4, -0.2) is 12.6 Å². The normalized spacial score (nSPS) is 22.7. The van der Waals surface area contributed by atoms with Crippen LogP contribution in [0.4, 0.5) is 0 Å². The Bertz CT molecular complexity index is 391. The van der Waals surface area contributed by atoms with E-state index in [2.05, 4.69) is 43.4 Å². The van der Waals surface area contributed by atoms with Gasteiger partial charge in [0.15, 0.2) is 0 Å². The largest absolute Gasteiger partial charge is 0.490 e. The van der Waals surface area contributed by atoms with Crippen LogP contribution in [0.5, 0.6) is 5.75 Å². The molecule has 0 spiro atoms. The predicted octanol–water partition coefficient (Wildman–Crippen LogP) is 4.53. The quantitative estimate of drug-likeness (QED) is 0.738. The van der Waals surface area contributed by atoms with Gasteiger partial charge >= 0.3 is 0 Å². The van der Waals surface area contributed by atoms with E-state index < -0.39 is 0 Å². The maximum Gasteiger partial charge on any atom is 0.124 e. The molecule has 0 amide bonds. The molecule has 0 bridgehead atoms. The number of benzene rings is 1. The minimum atomic E-state index is 0.418. The van der Waals surface area contributed by atoms with Crippen LogP contribution in [0, 0.1) is 5.92 Å². The fraction of sp³-hybridized carbons (Fsp3) is 0.667. The third kappa shape index (κ3) is 4.52. The van der Waals surface area contributed by atoms with Crippen molar-refractivity contribution < 1.29 is 4.74 Å². The molecule has 1 fully saturated rings. The molecule has 1 saturated carbocycles. The maximum absolute atomic E-state index is 6.31. The number of para-hydroxylation sites is 1. The molecule has 1 aromatic carbocycles. The third-order valence-corrected chi connectivity index (χ3v) is 4.32. The number of hydrogen-bond acceptors (Lipinski definition) is 2. The van der Waals surface area contributed by atoms with Crippen LogP contribution < -0.4 is 10.1 Å². The zero-order valence-corrected chi connectivity index (χ0v) is 13.0. The first kappa shape index (κ1) is 15.4. The first-order valence-corrected chi connectivity index (χ1v) is 8.28. The van der Waals surface area contributed by atoms with Gasteiger partial charge in [-0.05, 0) is 44.2 Å². The minimum Gasteiger partial charge on any atom is -0.490 e. The van der Waals surface area contributed by atoms with Crippen molar-refractivity contribution in [2.24, 2.45) is 5.92 Å². The highest BCUT2D eigenvalue weighted by molar-refractivity contribution is 5.33. The average Bonchev–Trinajstić information content (AvgIpc) is 2.49. The van der Waals surface area contributed by atoms with Gasteiger partial charge < -0.3 is 10.1 Å². The molecule has 2 heteroatoms. The summed E-state index contributed by atoms with van der Waals surface area (Å²) < 4.78 is 6.31. The Hall–Kier alpha value is -1.02. The molecule has 2 atom stereocenters. The van der Waals surface area contributed by atoms with Gasteiger partial charge in [-0.25, -0.2) is 0 Å². The van der Waals surface area contributed by atoms with Gasteiger partial charge in [0.1, 0.15) is 5.75 Å². The van der Waals surface area contributed by atoms with Crippen LogP contribution in [0.3, 0.4) is 0 Å². The molecule has 1 N–H and O–H groups in total. The van der Waals surface area contributed by atoms with E-state index in [-0.39, 0.29) is 0 Å². The Morgan fingerprint density at radius 1 is 1.20 bits per heavy atom. The van der Waals surface area contributed by atoms with E-state index in [0.29, 0.717) is 6.10 Å². The molecule has 2 unspecified atom stereocenters. The zero-order valence-electron chi connectivity index (χ0n) is 13.0. The maximum atomic E-state index is 6.31. The van der Waals surface area contributed by atoms with Crippen LogP contribution in [-0.2, 0) is 6.54 Å². The van der Waals surface area contributed by atoms with Crippen LogP contribution >= 0.6 is 0 Å². The summed E-state index contributed by atoms with van der Waals surface area (Å²) in [4.78, 5) is 0. The molecule has 20 heavy (non-hydrogen) atoms. The zero-order chi connectivity index (χ0) is 14.2. The summed E-state index contributed by atoms with van der Waals surface area (Å²) in [7, 11) is 0. The molecule has 0 radical (unpaired) electrons. The summed E-state index contributed by atoms with van der Waals surface area (Å²) in [5.41, 5.74) is 1.29. The molecule has 0 aliphatic heterocycles. The van der Waals surface area contributed by atoms with Crippen molar-refractivity contribution in [3.05, 3.63) is 29.8 Å². The first-order valence-electron chi connectivity index (χ1n) is 8.28. The number of hydrogen-bond donors (Lipinski definition) is 1. The van der Waals surface area contributed by atoms with Crippen molar-refractivity contribution in [2.75, 3.05) is 6.54 Å². The Labute approximate surface area is 123 Å². The highest BCUT2D eigenvalue weighted by atomic mass is 16.5. The van der Waals surface area contributed by atoms with Crippen molar-refractivity contribution in [3.8, 4) is 5.75 Å². The molecular formula is C18H29NO. The molecule has 1 aromatic rings. The van der Waals surface area contributed by atoms with E-state index in [1.165, 1.54) is 44.1 Å². The van der Waals surface area contributed by atoms with E-state index in [4.69, 9.17) is 4.74 Å². The van der Waals surface area contributed by atoms with Crippen molar-refractivity contribution in [2.45, 2.75) is 65.0 Å². The molecule has 0 heterocycles. The lowest BCUT2D eigenvalue weighted by atomic mass is 9.85. The number of ether oxygens (including phenoxy) is 1. The van der Waals surface area contributed by atoms with E-state index in [0.717, 1.165) is 24.8 Å². The standard InChI is InChI=1S/C18H29NO/c1-3-12-19-14-16-9-5-6-11-18(16)20-17-10-7-8-15(4-2)13-17/h5-6,9,11,15,17,19H,3-4,7-8,10,12-14H2,1-2H3. The predicted molar refractivity (Wildman–Crippen MR) is 85.1 cm³/mol. The first-order chi connectivity index (χ1) is 9.83. The molecule has 0 aromatic heterocycles. The smallest absolute Gasteiger partial charge is 0.124 e. The Kier molecular flexibility index (Phi) is 6.38. The Balaban J connectivity index is 1.94. The lowest BCUT2D eigenvalue weighted by molar-refractivity contribution is 0.121. The van der Waals surface area contributed by atoms with Crippen LogP contribution in [0.2, 0.25) is 0 Å². The lowest BCUT2D eigenvalue weighted by Crippen LogP contribution is -2.26. The molecule has 2 rings (SSSR count). The lowest BCUT2D eigenvalue weighted by Gasteiger charge is -2.29. The Morgan fingerprint density at radius 3 is 2.85 bits per heavy atom. The highest BCUT2D eigenvalue weighted by Crippen LogP contribution is 2.30. The second-order valence-corrected chi connectivity index (χ2v) is 5.97. The summed E-state index contributed by atoms with van der Waals surface area (Å²) in [6, 6.07) is 8.49. The topological polar surface area (TPSA) is 21.3 Å². The van der Waals surface area contributed by atoms with Crippen LogP contribution in [0.15, 0.2) is 24.3 Å². The molecule has 2 nitrogen and oxygen atoms in total. The van der Waals surface area contributed by atoms with E-state index in [9.17, 15) is 0 Å². The molecule has 112 valence electrons. The third-order valence-electron chi connectivity index (χ3n) is 4.32. The molecule has 0 saturated heterocycles. The van der Waals surface area contributed by atoms with Crippen molar-refractivity contribution in [3.63, 3.8) is 0 Å². The van der Waals surface area contributed by atoms with Gasteiger partial charge in [0.05, 0.1) is 6.10 Å². The summed E-state index contributed by atoms with van der Waals surface area (Å²) in [5.74, 6) is 1.94. The van der Waals surface area contributed by atoms with Gasteiger partial charge in [0.25, 0.3) is 0 Å². The molecular weight excluding hydrogens is 246 g/mol. The van der Waals surface area contributed by atoms with Gasteiger partial charge in [0.2, 0.25) is 0 Å². The van der Waals surface area contributed by atoms with Crippen LogP contribution in [0.1, 0.15) is 57.9 Å². The molecule has 1 aliphatic rings. The fourth-order valence-electron chi connectivity index (χ4n) is 3.06. The summed E-state index contributed by atoms with van der Waals surface area (Å²) in [6.07, 6.45) is 8.03. The Morgan fingerprint density at radius 2 is 2.05 bits per heavy atom. The minimum absolute atomic E-state index is 0.418. The summed E-state index contributed by atoms with van der Waals surface area (Å²) >= 11 is 0. The second kappa shape index (κ2) is 8.31. The average molecular weight is 275 g/mol. The van der Waals surface area contributed by atoms with Crippen LogP contribution in [0.25, 0.3) is 0 Å².